The molecule has 1 aliphatic rings. The average molecular weight is 209 g/mol. The van der Waals surface area contributed by atoms with Gasteiger partial charge in [-0.05, 0) is 0 Å². The number of hydrogen-bond donors (Lipinski definition) is 1. The molecule has 1 amide bonds. The first-order valence-corrected chi connectivity index (χ1v) is 3.94. The second kappa shape index (κ2) is 3.87. The molecule has 1 saturated heterocycles. The summed E-state index contributed by atoms with van der Waals surface area (Å²) >= 11 is 0. The molecule has 0 unspecified atom stereocenters. The molecule has 0 aromatic carbocycles. The topological polar surface area (TPSA) is 66.8 Å². The second-order valence-electron chi connectivity index (χ2n) is 2.78. The van der Waals surface area contributed by atoms with E-state index in [0.717, 1.165) is 4.90 Å². The van der Waals surface area contributed by atoms with Crippen molar-refractivity contribution in [2.45, 2.75) is 5.92 Å². The Morgan fingerprint density at radius 3 is 2.21 bits per heavy atom. The SMILES string of the molecule is O=C(O)C(F)(F)C(=O)N1CCOCC1. The van der Waals surface area contributed by atoms with Crippen LogP contribution < -0.4 is 0 Å². The van der Waals surface area contributed by atoms with Crippen molar-refractivity contribution in [2.24, 2.45) is 0 Å². The van der Waals surface area contributed by atoms with Gasteiger partial charge in [-0.1, -0.05) is 0 Å². The summed E-state index contributed by atoms with van der Waals surface area (Å²) in [5.74, 6) is -8.43. The van der Waals surface area contributed by atoms with Gasteiger partial charge in [0.25, 0.3) is 0 Å². The molecule has 0 aromatic heterocycles. The molecule has 5 nitrogen and oxygen atoms in total. The molecular formula is C7H9F2NO4. The maximum Gasteiger partial charge on any atom is 0.418 e. The first-order valence-electron chi connectivity index (χ1n) is 3.94. The maximum absolute atomic E-state index is 12.7. The van der Waals surface area contributed by atoms with E-state index in [1.165, 1.54) is 0 Å². The molecule has 80 valence electrons. The minimum Gasteiger partial charge on any atom is -0.476 e. The number of rotatable bonds is 2. The lowest BCUT2D eigenvalue weighted by atomic mass is 10.2. The number of ether oxygens (including phenoxy) is 1. The number of aliphatic carboxylic acids is 1. The molecule has 0 saturated carbocycles. The summed E-state index contributed by atoms with van der Waals surface area (Å²) < 4.78 is 30.2. The summed E-state index contributed by atoms with van der Waals surface area (Å²) in [4.78, 5) is 21.9. The van der Waals surface area contributed by atoms with Crippen molar-refractivity contribution >= 4 is 11.9 Å². The molecule has 0 aromatic rings. The summed E-state index contributed by atoms with van der Waals surface area (Å²) in [6.07, 6.45) is 0. The molecule has 0 radical (unpaired) electrons. The van der Waals surface area contributed by atoms with Crippen LogP contribution in [0.15, 0.2) is 0 Å². The van der Waals surface area contributed by atoms with Crippen LogP contribution in [0.5, 0.6) is 0 Å². The van der Waals surface area contributed by atoms with Gasteiger partial charge in [-0.25, -0.2) is 4.79 Å². The molecule has 1 rings (SSSR count). The number of carboxylic acids is 1. The van der Waals surface area contributed by atoms with Crippen LogP contribution >= 0.6 is 0 Å². The third-order valence-electron chi connectivity index (χ3n) is 1.84. The van der Waals surface area contributed by atoms with Gasteiger partial charge in [0.2, 0.25) is 0 Å². The van der Waals surface area contributed by atoms with Gasteiger partial charge in [0.15, 0.2) is 0 Å². The Morgan fingerprint density at radius 2 is 1.79 bits per heavy atom. The van der Waals surface area contributed by atoms with E-state index in [4.69, 9.17) is 9.84 Å². The number of carbonyl (C=O) groups is 2. The highest BCUT2D eigenvalue weighted by molar-refractivity contribution is 6.03. The number of carboxylic acid groups (broad SMARTS) is 1. The average Bonchev–Trinajstić information content (AvgIpc) is 2.17. The van der Waals surface area contributed by atoms with Crippen molar-refractivity contribution in [1.29, 1.82) is 0 Å². The van der Waals surface area contributed by atoms with Crippen molar-refractivity contribution in [1.82, 2.24) is 4.90 Å². The highest BCUT2D eigenvalue weighted by atomic mass is 19.3. The molecule has 0 bridgehead atoms. The zero-order valence-corrected chi connectivity index (χ0v) is 7.20. The number of carbonyl (C=O) groups excluding carboxylic acids is 1. The molecule has 1 fully saturated rings. The molecule has 0 spiro atoms. The summed E-state index contributed by atoms with van der Waals surface area (Å²) in [5.41, 5.74) is 0. The van der Waals surface area contributed by atoms with E-state index in [1.807, 2.05) is 0 Å². The number of hydrogen-bond acceptors (Lipinski definition) is 3. The number of alkyl halides is 2. The van der Waals surface area contributed by atoms with E-state index in [-0.39, 0.29) is 26.3 Å². The van der Waals surface area contributed by atoms with Crippen LogP contribution in [0, 0.1) is 0 Å². The van der Waals surface area contributed by atoms with Gasteiger partial charge >= 0.3 is 17.8 Å². The molecule has 1 N–H and O–H groups in total. The van der Waals surface area contributed by atoms with Crippen LogP contribution in [0.4, 0.5) is 8.78 Å². The largest absolute Gasteiger partial charge is 0.476 e. The molecule has 0 aliphatic carbocycles. The second-order valence-corrected chi connectivity index (χ2v) is 2.78. The number of amides is 1. The smallest absolute Gasteiger partial charge is 0.418 e. The minimum atomic E-state index is -4.34. The van der Waals surface area contributed by atoms with Crippen LogP contribution in [-0.4, -0.2) is 54.1 Å². The van der Waals surface area contributed by atoms with Crippen molar-refractivity contribution in [3.8, 4) is 0 Å². The molecule has 0 atom stereocenters. The Labute approximate surface area is 78.2 Å². The zero-order valence-electron chi connectivity index (χ0n) is 7.20. The van der Waals surface area contributed by atoms with Crippen LogP contribution in [0.3, 0.4) is 0 Å². The lowest BCUT2D eigenvalue weighted by Crippen LogP contribution is -2.51. The van der Waals surface area contributed by atoms with Crippen molar-refractivity contribution < 1.29 is 28.2 Å². The van der Waals surface area contributed by atoms with E-state index in [2.05, 4.69) is 0 Å². The van der Waals surface area contributed by atoms with Crippen LogP contribution in [0.1, 0.15) is 0 Å². The predicted octanol–water partition coefficient (Wildman–Crippen LogP) is -0.435. The highest BCUT2D eigenvalue weighted by Gasteiger charge is 2.50. The predicted molar refractivity (Wildman–Crippen MR) is 40.0 cm³/mol. The maximum atomic E-state index is 12.7. The van der Waals surface area contributed by atoms with E-state index < -0.39 is 17.8 Å². The summed E-state index contributed by atoms with van der Waals surface area (Å²) in [5, 5.41) is 8.11. The minimum absolute atomic E-state index is 0.00169. The lowest BCUT2D eigenvalue weighted by Gasteiger charge is -2.28. The lowest BCUT2D eigenvalue weighted by molar-refractivity contribution is -0.180. The third kappa shape index (κ3) is 1.98. The van der Waals surface area contributed by atoms with Gasteiger partial charge in [-0.2, -0.15) is 8.78 Å². The number of morpholine rings is 1. The summed E-state index contributed by atoms with van der Waals surface area (Å²) in [7, 11) is 0. The Bertz CT molecular complexity index is 250. The van der Waals surface area contributed by atoms with Crippen LogP contribution in [-0.2, 0) is 14.3 Å². The first kappa shape index (κ1) is 10.8. The van der Waals surface area contributed by atoms with Crippen molar-refractivity contribution in [2.75, 3.05) is 26.3 Å². The van der Waals surface area contributed by atoms with Gasteiger partial charge in [0.05, 0.1) is 13.2 Å². The first-order chi connectivity index (χ1) is 6.46. The molecule has 1 aliphatic heterocycles. The van der Waals surface area contributed by atoms with E-state index in [9.17, 15) is 18.4 Å². The summed E-state index contributed by atoms with van der Waals surface area (Å²) in [6.45, 7) is 0.312. The standard InChI is InChI=1S/C7H9F2NO4/c8-7(9,6(12)13)5(11)10-1-3-14-4-2-10/h1-4H2,(H,12,13). The van der Waals surface area contributed by atoms with Crippen LogP contribution in [0.2, 0.25) is 0 Å². The quantitative estimate of drug-likeness (QED) is 0.626. The highest BCUT2D eigenvalue weighted by Crippen LogP contribution is 2.18. The fourth-order valence-corrected chi connectivity index (χ4v) is 1.06. The molecule has 1 heterocycles. The van der Waals surface area contributed by atoms with Gasteiger partial charge in [-0.15, -0.1) is 0 Å². The third-order valence-corrected chi connectivity index (χ3v) is 1.84. The van der Waals surface area contributed by atoms with Gasteiger partial charge in [-0.3, -0.25) is 4.79 Å². The van der Waals surface area contributed by atoms with Crippen molar-refractivity contribution in [3.05, 3.63) is 0 Å². The number of halogens is 2. The normalized spacial score (nSPS) is 18.0. The monoisotopic (exact) mass is 209 g/mol. The van der Waals surface area contributed by atoms with Crippen LogP contribution in [0.25, 0.3) is 0 Å². The van der Waals surface area contributed by atoms with E-state index in [1.54, 1.807) is 0 Å². The number of nitrogens with zero attached hydrogens (tertiary/aromatic N) is 1. The Hall–Kier alpha value is -1.24. The Balaban J connectivity index is 2.67. The fraction of sp³-hybridized carbons (Fsp3) is 0.714. The molecule has 7 heteroatoms. The molecule has 14 heavy (non-hydrogen) atoms. The zero-order chi connectivity index (χ0) is 10.8. The van der Waals surface area contributed by atoms with E-state index >= 15 is 0 Å². The van der Waals surface area contributed by atoms with Gasteiger partial charge in [0.1, 0.15) is 0 Å². The Morgan fingerprint density at radius 1 is 1.29 bits per heavy atom. The van der Waals surface area contributed by atoms with Gasteiger partial charge < -0.3 is 14.7 Å². The van der Waals surface area contributed by atoms with Crippen molar-refractivity contribution in [3.63, 3.8) is 0 Å². The fourth-order valence-electron chi connectivity index (χ4n) is 1.06. The molecular weight excluding hydrogens is 200 g/mol. The van der Waals surface area contributed by atoms with Gasteiger partial charge in [0, 0.05) is 13.1 Å². The Kier molecular flexibility index (Phi) is 3.00. The summed E-state index contributed by atoms with van der Waals surface area (Å²) in [6, 6.07) is 0. The van der Waals surface area contributed by atoms with E-state index in [0.29, 0.717) is 0 Å².